The molecule has 0 atom stereocenters. The highest BCUT2D eigenvalue weighted by Crippen LogP contribution is 2.13. The van der Waals surface area contributed by atoms with E-state index in [4.69, 9.17) is 0 Å². The van der Waals surface area contributed by atoms with Crippen molar-refractivity contribution >= 4 is 17.4 Å². The van der Waals surface area contributed by atoms with E-state index in [1.54, 1.807) is 28.6 Å². The average Bonchev–Trinajstić information content (AvgIpc) is 2.88. The summed E-state index contributed by atoms with van der Waals surface area (Å²) in [6.45, 7) is 1.57. The van der Waals surface area contributed by atoms with Crippen LogP contribution in [-0.4, -0.2) is 37.4 Å². The molecule has 0 radical (unpaired) electrons. The van der Waals surface area contributed by atoms with Gasteiger partial charge in [-0.05, 0) is 29.0 Å². The smallest absolute Gasteiger partial charge is 0.269 e. The lowest BCUT2D eigenvalue weighted by molar-refractivity contribution is -0.384. The van der Waals surface area contributed by atoms with Crippen LogP contribution in [0.5, 0.6) is 0 Å². The van der Waals surface area contributed by atoms with Crippen molar-refractivity contribution in [3.8, 4) is 0 Å². The minimum atomic E-state index is -0.393. The molecule has 0 aliphatic rings. The van der Waals surface area contributed by atoms with Crippen molar-refractivity contribution in [3.05, 3.63) is 39.9 Å². The van der Waals surface area contributed by atoms with Crippen molar-refractivity contribution in [2.75, 3.05) is 12.3 Å². The van der Waals surface area contributed by atoms with Gasteiger partial charge in [0, 0.05) is 31.5 Å². The SMILES string of the molecule is Cn1nnnc1SCCCNCc1ccc([N+](=O)[O-])cc1.[Cl-]. The number of rotatable bonds is 8. The van der Waals surface area contributed by atoms with Gasteiger partial charge in [0.2, 0.25) is 5.16 Å². The van der Waals surface area contributed by atoms with E-state index in [2.05, 4.69) is 20.8 Å². The Morgan fingerprint density at radius 1 is 1.36 bits per heavy atom. The second-order valence-electron chi connectivity index (χ2n) is 4.39. The predicted octanol–water partition coefficient (Wildman–Crippen LogP) is -1.61. The van der Waals surface area contributed by atoms with Gasteiger partial charge in [0.25, 0.3) is 5.69 Å². The Balaban J connectivity index is 0.00000242. The largest absolute Gasteiger partial charge is 1.00 e. The molecule has 0 saturated heterocycles. The van der Waals surface area contributed by atoms with Gasteiger partial charge in [-0.1, -0.05) is 23.9 Å². The van der Waals surface area contributed by atoms with E-state index in [0.717, 1.165) is 29.4 Å². The topological polar surface area (TPSA) is 98.8 Å². The fraction of sp³-hybridized carbons (Fsp3) is 0.417. The Labute approximate surface area is 138 Å². The third kappa shape index (κ3) is 5.58. The van der Waals surface area contributed by atoms with E-state index >= 15 is 0 Å². The highest BCUT2D eigenvalue weighted by Gasteiger charge is 2.04. The second kappa shape index (κ2) is 9.34. The van der Waals surface area contributed by atoms with Crippen LogP contribution in [0.2, 0.25) is 0 Å². The Bertz CT molecular complexity index is 592. The molecule has 0 amide bonds. The molecular weight excluding hydrogens is 328 g/mol. The Kier molecular flexibility index (Phi) is 7.78. The zero-order chi connectivity index (χ0) is 15.1. The van der Waals surface area contributed by atoms with Crippen molar-refractivity contribution in [3.63, 3.8) is 0 Å². The van der Waals surface area contributed by atoms with Gasteiger partial charge in [-0.2, -0.15) is 0 Å². The standard InChI is InChI=1S/C12H16N6O2S.ClH/c1-17-12(14-15-16-17)21-8-2-7-13-9-10-3-5-11(6-4-10)18(19)20;/h3-6,13H,2,7-9H2,1H3;1H/p-1. The van der Waals surface area contributed by atoms with Crippen LogP contribution in [0, 0.1) is 10.1 Å². The van der Waals surface area contributed by atoms with Crippen molar-refractivity contribution in [2.24, 2.45) is 7.05 Å². The lowest BCUT2D eigenvalue weighted by Crippen LogP contribution is -3.00. The number of non-ortho nitro benzene ring substituents is 1. The summed E-state index contributed by atoms with van der Waals surface area (Å²) in [6, 6.07) is 6.58. The van der Waals surface area contributed by atoms with Gasteiger partial charge < -0.3 is 17.7 Å². The fourth-order valence-electron chi connectivity index (χ4n) is 1.67. The molecular formula is C12H16ClN6O2S-. The van der Waals surface area contributed by atoms with Gasteiger partial charge in [0.1, 0.15) is 0 Å². The summed E-state index contributed by atoms with van der Waals surface area (Å²) in [5.41, 5.74) is 1.15. The molecule has 0 aliphatic carbocycles. The number of nitrogens with zero attached hydrogens (tertiary/aromatic N) is 5. The Morgan fingerprint density at radius 3 is 2.68 bits per heavy atom. The summed E-state index contributed by atoms with van der Waals surface area (Å²) < 4.78 is 1.65. The fourth-order valence-corrected chi connectivity index (χ4v) is 2.46. The summed E-state index contributed by atoms with van der Waals surface area (Å²) >= 11 is 1.62. The van der Waals surface area contributed by atoms with Crippen LogP contribution in [-0.2, 0) is 13.6 Å². The molecule has 0 unspecified atom stereocenters. The van der Waals surface area contributed by atoms with Crippen LogP contribution in [0.15, 0.2) is 29.4 Å². The van der Waals surface area contributed by atoms with Crippen LogP contribution in [0.25, 0.3) is 0 Å². The number of tetrazole rings is 1. The molecule has 2 rings (SSSR count). The Hall–Kier alpha value is -1.71. The first kappa shape index (κ1) is 18.3. The van der Waals surface area contributed by atoms with Gasteiger partial charge in [0.15, 0.2) is 0 Å². The number of aryl methyl sites for hydroxylation is 1. The maximum absolute atomic E-state index is 10.5. The third-order valence-corrected chi connectivity index (χ3v) is 3.88. The normalized spacial score (nSPS) is 10.2. The molecule has 2 aromatic rings. The Morgan fingerprint density at radius 2 is 2.09 bits per heavy atom. The first-order valence-electron chi connectivity index (χ1n) is 6.46. The molecule has 10 heteroatoms. The van der Waals surface area contributed by atoms with Crippen molar-refractivity contribution in [1.82, 2.24) is 25.5 Å². The number of nitro groups is 1. The molecule has 1 aromatic heterocycles. The first-order valence-corrected chi connectivity index (χ1v) is 7.44. The van der Waals surface area contributed by atoms with Gasteiger partial charge in [0.05, 0.1) is 4.92 Å². The third-order valence-electron chi connectivity index (χ3n) is 2.79. The molecule has 0 spiro atoms. The van der Waals surface area contributed by atoms with E-state index in [-0.39, 0.29) is 18.1 Å². The van der Waals surface area contributed by atoms with E-state index in [1.807, 2.05) is 7.05 Å². The number of nitrogens with one attached hydrogen (secondary N) is 1. The first-order chi connectivity index (χ1) is 10.2. The quantitative estimate of drug-likeness (QED) is 0.266. The van der Waals surface area contributed by atoms with Crippen LogP contribution < -0.4 is 17.7 Å². The predicted molar refractivity (Wildman–Crippen MR) is 78.9 cm³/mol. The zero-order valence-electron chi connectivity index (χ0n) is 12.0. The van der Waals surface area contributed by atoms with E-state index < -0.39 is 4.92 Å². The van der Waals surface area contributed by atoms with Crippen LogP contribution in [0.4, 0.5) is 5.69 Å². The van der Waals surface area contributed by atoms with Crippen LogP contribution in [0.3, 0.4) is 0 Å². The molecule has 1 aromatic carbocycles. The monoisotopic (exact) mass is 343 g/mol. The minimum Gasteiger partial charge on any atom is -1.00 e. The lowest BCUT2D eigenvalue weighted by atomic mass is 10.2. The summed E-state index contributed by atoms with van der Waals surface area (Å²) in [4.78, 5) is 10.1. The van der Waals surface area contributed by atoms with Crippen molar-refractivity contribution < 1.29 is 17.3 Å². The van der Waals surface area contributed by atoms with Crippen molar-refractivity contribution in [1.29, 1.82) is 0 Å². The van der Waals surface area contributed by atoms with Crippen LogP contribution >= 0.6 is 11.8 Å². The van der Waals surface area contributed by atoms with Gasteiger partial charge in [-0.15, -0.1) is 5.10 Å². The number of hydrogen-bond acceptors (Lipinski definition) is 7. The number of nitro benzene ring substituents is 1. The molecule has 1 heterocycles. The van der Waals surface area contributed by atoms with Gasteiger partial charge >= 0.3 is 0 Å². The zero-order valence-corrected chi connectivity index (χ0v) is 13.5. The molecule has 8 nitrogen and oxygen atoms in total. The van der Waals surface area contributed by atoms with Gasteiger partial charge in [-0.25, -0.2) is 4.68 Å². The minimum absolute atomic E-state index is 0. The molecule has 120 valence electrons. The number of halogens is 1. The molecule has 0 bridgehead atoms. The highest BCUT2D eigenvalue weighted by atomic mass is 35.5. The number of thioether (sulfide) groups is 1. The van der Waals surface area contributed by atoms with Gasteiger partial charge in [-0.3, -0.25) is 10.1 Å². The number of hydrogen-bond donors (Lipinski definition) is 1. The number of aromatic nitrogens is 4. The second-order valence-corrected chi connectivity index (χ2v) is 5.45. The van der Waals surface area contributed by atoms with E-state index in [9.17, 15) is 10.1 Å². The van der Waals surface area contributed by atoms with E-state index in [1.165, 1.54) is 12.1 Å². The maximum Gasteiger partial charge on any atom is 0.269 e. The average molecular weight is 344 g/mol. The lowest BCUT2D eigenvalue weighted by Gasteiger charge is -2.04. The summed E-state index contributed by atoms with van der Waals surface area (Å²) in [6.07, 6.45) is 0.991. The maximum atomic E-state index is 10.5. The summed E-state index contributed by atoms with van der Waals surface area (Å²) in [5, 5.41) is 25.9. The highest BCUT2D eigenvalue weighted by molar-refractivity contribution is 7.99. The number of benzene rings is 1. The summed E-state index contributed by atoms with van der Waals surface area (Å²) in [5.74, 6) is 0.932. The van der Waals surface area contributed by atoms with E-state index in [0.29, 0.717) is 6.54 Å². The van der Waals surface area contributed by atoms with Crippen LogP contribution in [0.1, 0.15) is 12.0 Å². The molecule has 0 fully saturated rings. The summed E-state index contributed by atoms with van der Waals surface area (Å²) in [7, 11) is 1.81. The molecule has 0 aliphatic heterocycles. The van der Waals surface area contributed by atoms with Crippen molar-refractivity contribution in [2.45, 2.75) is 18.1 Å². The molecule has 1 N–H and O–H groups in total. The molecule has 22 heavy (non-hydrogen) atoms. The molecule has 0 saturated carbocycles.